The van der Waals surface area contributed by atoms with Gasteiger partial charge in [-0.1, -0.05) is 12.1 Å². The van der Waals surface area contributed by atoms with E-state index in [2.05, 4.69) is 25.9 Å². The first-order valence-corrected chi connectivity index (χ1v) is 6.15. The normalized spacial score (nSPS) is 11.0. The minimum Gasteiger partial charge on any atom is -0.439 e. The van der Waals surface area contributed by atoms with E-state index in [1.54, 1.807) is 18.3 Å². The van der Waals surface area contributed by atoms with E-state index >= 15 is 0 Å². The average molecular weight is 307 g/mol. The Kier molecular flexibility index (Phi) is 2.83. The number of nitrogens with zero attached hydrogens (tertiary/aromatic N) is 2. The van der Waals surface area contributed by atoms with Gasteiger partial charge in [-0.2, -0.15) is 4.98 Å². The van der Waals surface area contributed by atoms with Crippen LogP contribution in [-0.2, 0) is 6.42 Å². The van der Waals surface area contributed by atoms with Gasteiger partial charge in [0, 0.05) is 23.2 Å². The summed E-state index contributed by atoms with van der Waals surface area (Å²) in [7, 11) is 0. The number of fused-ring (bicyclic) bond motifs is 1. The fourth-order valence-corrected chi connectivity index (χ4v) is 2.00. The number of pyridine rings is 1. The number of aromatic nitrogens is 2. The highest BCUT2D eigenvalue weighted by molar-refractivity contribution is 9.10. The van der Waals surface area contributed by atoms with E-state index in [1.807, 2.05) is 6.07 Å². The summed E-state index contributed by atoms with van der Waals surface area (Å²) in [5.74, 6) is 0.323. The van der Waals surface area contributed by atoms with Gasteiger partial charge in [-0.25, -0.2) is 9.37 Å². The van der Waals surface area contributed by atoms with Crippen molar-refractivity contribution in [3.05, 3.63) is 58.3 Å². The molecular weight excluding hydrogens is 299 g/mol. The Hall–Kier alpha value is -1.75. The zero-order chi connectivity index (χ0) is 12.5. The number of benzene rings is 1. The summed E-state index contributed by atoms with van der Waals surface area (Å²) in [5.41, 5.74) is 2.17. The second kappa shape index (κ2) is 4.49. The lowest BCUT2D eigenvalue weighted by Gasteiger charge is -1.96. The van der Waals surface area contributed by atoms with Gasteiger partial charge >= 0.3 is 0 Å². The first-order valence-electron chi connectivity index (χ1n) is 5.36. The summed E-state index contributed by atoms with van der Waals surface area (Å²) in [6, 6.07) is 8.10. The fourth-order valence-electron chi connectivity index (χ4n) is 1.69. The summed E-state index contributed by atoms with van der Waals surface area (Å²) in [4.78, 5) is 8.42. The molecule has 0 aliphatic rings. The van der Waals surface area contributed by atoms with Gasteiger partial charge < -0.3 is 4.42 Å². The lowest BCUT2D eigenvalue weighted by molar-refractivity contribution is 0.543. The molecule has 0 aliphatic carbocycles. The van der Waals surface area contributed by atoms with E-state index in [9.17, 15) is 4.39 Å². The standard InChI is InChI=1S/C13H8BrFN2O/c14-9-6-11-13(16-7-9)17-12(18-11)5-8-1-3-10(15)4-2-8/h1-4,6-7H,5H2. The van der Waals surface area contributed by atoms with Gasteiger partial charge in [0.05, 0.1) is 0 Å². The van der Waals surface area contributed by atoms with Crippen LogP contribution in [0.25, 0.3) is 11.2 Å². The highest BCUT2D eigenvalue weighted by Crippen LogP contribution is 2.19. The molecule has 0 N–H and O–H groups in total. The van der Waals surface area contributed by atoms with Crippen molar-refractivity contribution >= 4 is 27.2 Å². The van der Waals surface area contributed by atoms with Gasteiger partial charge in [0.1, 0.15) is 5.82 Å². The minimum absolute atomic E-state index is 0.248. The maximum Gasteiger partial charge on any atom is 0.201 e. The Labute approximate surface area is 111 Å². The van der Waals surface area contributed by atoms with Crippen LogP contribution in [0.2, 0.25) is 0 Å². The number of hydrogen-bond donors (Lipinski definition) is 0. The number of hydrogen-bond acceptors (Lipinski definition) is 3. The molecule has 0 aliphatic heterocycles. The van der Waals surface area contributed by atoms with Crippen LogP contribution in [0, 0.1) is 5.82 Å². The molecule has 2 aromatic heterocycles. The summed E-state index contributed by atoms with van der Waals surface area (Å²) in [6.07, 6.45) is 2.20. The molecule has 0 saturated carbocycles. The second-order valence-electron chi connectivity index (χ2n) is 3.89. The van der Waals surface area contributed by atoms with Crippen molar-refractivity contribution in [2.75, 3.05) is 0 Å². The predicted molar refractivity (Wildman–Crippen MR) is 68.7 cm³/mol. The number of halogens is 2. The van der Waals surface area contributed by atoms with Crippen molar-refractivity contribution in [2.45, 2.75) is 6.42 Å². The van der Waals surface area contributed by atoms with Gasteiger partial charge in [-0.15, -0.1) is 0 Å². The van der Waals surface area contributed by atoms with E-state index in [-0.39, 0.29) is 5.82 Å². The smallest absolute Gasteiger partial charge is 0.201 e. The highest BCUT2D eigenvalue weighted by atomic mass is 79.9. The zero-order valence-electron chi connectivity index (χ0n) is 9.23. The molecule has 0 unspecified atom stereocenters. The summed E-state index contributed by atoms with van der Waals surface area (Å²) >= 11 is 3.32. The molecule has 90 valence electrons. The molecule has 3 aromatic rings. The highest BCUT2D eigenvalue weighted by Gasteiger charge is 2.08. The Balaban J connectivity index is 1.92. The van der Waals surface area contributed by atoms with Crippen LogP contribution < -0.4 is 0 Å². The molecule has 1 aromatic carbocycles. The molecule has 5 heteroatoms. The molecule has 0 spiro atoms. The Bertz CT molecular complexity index is 694. The molecule has 0 amide bonds. The molecule has 0 bridgehead atoms. The molecule has 3 rings (SSSR count). The van der Waals surface area contributed by atoms with Crippen LogP contribution in [0.4, 0.5) is 4.39 Å². The minimum atomic E-state index is -0.248. The van der Waals surface area contributed by atoms with Crippen molar-refractivity contribution in [1.82, 2.24) is 9.97 Å². The SMILES string of the molecule is Fc1ccc(Cc2nc3ncc(Br)cc3o2)cc1. The lowest BCUT2D eigenvalue weighted by atomic mass is 10.1. The number of rotatable bonds is 2. The Morgan fingerprint density at radius 1 is 1.22 bits per heavy atom. The molecule has 0 atom stereocenters. The van der Waals surface area contributed by atoms with Crippen molar-refractivity contribution in [1.29, 1.82) is 0 Å². The van der Waals surface area contributed by atoms with Crippen LogP contribution in [0.15, 0.2) is 45.4 Å². The third-order valence-corrected chi connectivity index (χ3v) is 2.96. The number of oxazole rings is 1. The average Bonchev–Trinajstić information content (AvgIpc) is 2.73. The molecule has 3 nitrogen and oxygen atoms in total. The van der Waals surface area contributed by atoms with Crippen molar-refractivity contribution in [2.24, 2.45) is 0 Å². The topological polar surface area (TPSA) is 38.9 Å². The van der Waals surface area contributed by atoms with Crippen molar-refractivity contribution < 1.29 is 8.81 Å². The molecule has 0 radical (unpaired) electrons. The second-order valence-corrected chi connectivity index (χ2v) is 4.80. The van der Waals surface area contributed by atoms with Gasteiger partial charge in [-0.05, 0) is 33.6 Å². The van der Waals surface area contributed by atoms with Crippen molar-refractivity contribution in [3.63, 3.8) is 0 Å². The third kappa shape index (κ3) is 2.26. The van der Waals surface area contributed by atoms with Crippen LogP contribution in [0.1, 0.15) is 11.5 Å². The Morgan fingerprint density at radius 2 is 2.00 bits per heavy atom. The van der Waals surface area contributed by atoms with Gasteiger partial charge in [0.15, 0.2) is 11.2 Å². The maximum atomic E-state index is 12.8. The van der Waals surface area contributed by atoms with Crippen molar-refractivity contribution in [3.8, 4) is 0 Å². The van der Waals surface area contributed by atoms with Crippen LogP contribution in [0.5, 0.6) is 0 Å². The predicted octanol–water partition coefficient (Wildman–Crippen LogP) is 3.72. The third-order valence-electron chi connectivity index (χ3n) is 2.53. The molecule has 2 heterocycles. The fraction of sp³-hybridized carbons (Fsp3) is 0.0769. The lowest BCUT2D eigenvalue weighted by Crippen LogP contribution is -1.88. The molecule has 0 fully saturated rings. The van der Waals surface area contributed by atoms with Gasteiger partial charge in [-0.3, -0.25) is 0 Å². The van der Waals surface area contributed by atoms with Gasteiger partial charge in [0.25, 0.3) is 0 Å². The monoisotopic (exact) mass is 306 g/mol. The zero-order valence-corrected chi connectivity index (χ0v) is 10.8. The van der Waals surface area contributed by atoms with E-state index in [0.29, 0.717) is 23.5 Å². The van der Waals surface area contributed by atoms with Crippen LogP contribution >= 0.6 is 15.9 Å². The Morgan fingerprint density at radius 3 is 2.78 bits per heavy atom. The van der Waals surface area contributed by atoms with E-state index in [0.717, 1.165) is 10.0 Å². The molecular formula is C13H8BrFN2O. The first-order chi connectivity index (χ1) is 8.70. The molecule has 0 saturated heterocycles. The van der Waals surface area contributed by atoms with E-state index in [1.165, 1.54) is 12.1 Å². The summed E-state index contributed by atoms with van der Waals surface area (Å²) in [6.45, 7) is 0. The van der Waals surface area contributed by atoms with Crippen LogP contribution in [0.3, 0.4) is 0 Å². The first kappa shape index (κ1) is 11.3. The summed E-state index contributed by atoms with van der Waals surface area (Å²) in [5, 5.41) is 0. The largest absolute Gasteiger partial charge is 0.439 e. The van der Waals surface area contributed by atoms with Gasteiger partial charge in [0.2, 0.25) is 5.89 Å². The maximum absolute atomic E-state index is 12.8. The quantitative estimate of drug-likeness (QED) is 0.724. The van der Waals surface area contributed by atoms with E-state index < -0.39 is 0 Å². The van der Waals surface area contributed by atoms with Crippen LogP contribution in [-0.4, -0.2) is 9.97 Å². The van der Waals surface area contributed by atoms with E-state index in [4.69, 9.17) is 4.42 Å². The summed E-state index contributed by atoms with van der Waals surface area (Å²) < 4.78 is 19.2. The molecule has 18 heavy (non-hydrogen) atoms.